The average Bonchev–Trinajstić information content (AvgIpc) is 2.61. The van der Waals surface area contributed by atoms with E-state index in [1.54, 1.807) is 0 Å². The molecule has 128 valence electrons. The van der Waals surface area contributed by atoms with Crippen LogP contribution in [0.5, 0.6) is 5.75 Å². The van der Waals surface area contributed by atoms with Gasteiger partial charge in [-0.05, 0) is 49.7 Å². The molecule has 2 heteroatoms. The predicted octanol–water partition coefficient (Wildman–Crippen LogP) is 5.05. The summed E-state index contributed by atoms with van der Waals surface area (Å²) in [7, 11) is 0. The molecular weight excluding hydrogens is 294 g/mol. The topological polar surface area (TPSA) is 12.5 Å². The van der Waals surface area contributed by atoms with E-state index in [2.05, 4.69) is 80.3 Å². The summed E-state index contributed by atoms with van der Waals surface area (Å²) in [4.78, 5) is 2.37. The Bertz CT molecular complexity index is 612. The molecule has 0 aromatic heterocycles. The fraction of sp³-hybridized carbons (Fsp3) is 0.364. The van der Waals surface area contributed by atoms with Crippen molar-refractivity contribution in [3.8, 4) is 5.75 Å². The van der Waals surface area contributed by atoms with Crippen molar-refractivity contribution in [1.82, 2.24) is 4.90 Å². The van der Waals surface area contributed by atoms with E-state index in [4.69, 9.17) is 4.74 Å². The molecule has 0 bridgehead atoms. The summed E-state index contributed by atoms with van der Waals surface area (Å²) in [6.45, 7) is 10.4. The summed E-state index contributed by atoms with van der Waals surface area (Å²) in [6, 6.07) is 18.9. The van der Waals surface area contributed by atoms with E-state index in [-0.39, 0.29) is 0 Å². The van der Waals surface area contributed by atoms with Gasteiger partial charge in [0.15, 0.2) is 0 Å². The van der Waals surface area contributed by atoms with Crippen LogP contribution in [0, 0.1) is 0 Å². The Kier molecular flexibility index (Phi) is 7.57. The highest BCUT2D eigenvalue weighted by Crippen LogP contribution is 2.16. The monoisotopic (exact) mass is 323 g/mol. The first-order chi connectivity index (χ1) is 11.7. The Labute approximate surface area is 146 Å². The standard InChI is InChI=1S/C22H29NO/c1-4-23(5-2)15-16-24-22-13-11-21(12-14-22)18-19(3)17-20-9-7-6-8-10-20/h6-14,17H,4-5,15-16,18H2,1-3H3. The van der Waals surface area contributed by atoms with Crippen molar-refractivity contribution < 1.29 is 4.74 Å². The summed E-state index contributed by atoms with van der Waals surface area (Å²) in [5, 5.41) is 0. The van der Waals surface area contributed by atoms with Gasteiger partial charge in [-0.15, -0.1) is 0 Å². The molecule has 0 atom stereocenters. The van der Waals surface area contributed by atoms with Gasteiger partial charge in [-0.1, -0.05) is 68.0 Å². The zero-order valence-electron chi connectivity index (χ0n) is 15.2. The van der Waals surface area contributed by atoms with E-state index in [0.29, 0.717) is 0 Å². The highest BCUT2D eigenvalue weighted by atomic mass is 16.5. The molecule has 0 spiro atoms. The maximum atomic E-state index is 5.84. The average molecular weight is 323 g/mol. The van der Waals surface area contributed by atoms with Gasteiger partial charge in [-0.25, -0.2) is 0 Å². The van der Waals surface area contributed by atoms with Crippen LogP contribution in [0.4, 0.5) is 0 Å². The van der Waals surface area contributed by atoms with E-state index in [1.807, 2.05) is 6.07 Å². The van der Waals surface area contributed by atoms with Crippen LogP contribution in [0.2, 0.25) is 0 Å². The van der Waals surface area contributed by atoms with Crippen LogP contribution in [-0.2, 0) is 6.42 Å². The lowest BCUT2D eigenvalue weighted by Crippen LogP contribution is -2.27. The first kappa shape index (κ1) is 18.3. The molecule has 0 N–H and O–H groups in total. The van der Waals surface area contributed by atoms with Gasteiger partial charge in [0.05, 0.1) is 0 Å². The summed E-state index contributed by atoms with van der Waals surface area (Å²) >= 11 is 0. The quantitative estimate of drug-likeness (QED) is 0.640. The van der Waals surface area contributed by atoms with Crippen molar-refractivity contribution in [2.45, 2.75) is 27.2 Å². The number of nitrogens with zero attached hydrogens (tertiary/aromatic N) is 1. The number of likely N-dealkylation sites (N-methyl/N-ethyl adjacent to an activating group) is 1. The zero-order chi connectivity index (χ0) is 17.2. The molecular formula is C22H29NO. The van der Waals surface area contributed by atoms with E-state index < -0.39 is 0 Å². The lowest BCUT2D eigenvalue weighted by Gasteiger charge is -2.18. The van der Waals surface area contributed by atoms with Crippen molar-refractivity contribution in [2.24, 2.45) is 0 Å². The molecule has 0 aliphatic rings. The molecule has 0 saturated carbocycles. The number of hydrogen-bond acceptors (Lipinski definition) is 2. The minimum atomic E-state index is 0.744. The Morgan fingerprint density at radius 1 is 0.958 bits per heavy atom. The van der Waals surface area contributed by atoms with Crippen molar-refractivity contribution in [3.63, 3.8) is 0 Å². The smallest absolute Gasteiger partial charge is 0.119 e. The van der Waals surface area contributed by atoms with Crippen LogP contribution < -0.4 is 4.74 Å². The van der Waals surface area contributed by atoms with Crippen LogP contribution in [0.1, 0.15) is 31.9 Å². The fourth-order valence-corrected chi connectivity index (χ4v) is 2.74. The van der Waals surface area contributed by atoms with Gasteiger partial charge >= 0.3 is 0 Å². The summed E-state index contributed by atoms with van der Waals surface area (Å²) in [6.07, 6.45) is 3.21. The SMILES string of the molecule is CCN(CC)CCOc1ccc(CC(C)=Cc2ccccc2)cc1. The number of hydrogen-bond donors (Lipinski definition) is 0. The van der Waals surface area contributed by atoms with Crippen LogP contribution in [0.3, 0.4) is 0 Å². The first-order valence-corrected chi connectivity index (χ1v) is 8.87. The second-order valence-electron chi connectivity index (χ2n) is 6.10. The van der Waals surface area contributed by atoms with E-state index in [0.717, 1.165) is 38.4 Å². The molecule has 2 aromatic carbocycles. The van der Waals surface area contributed by atoms with Crippen molar-refractivity contribution in [3.05, 3.63) is 71.3 Å². The van der Waals surface area contributed by atoms with Crippen molar-refractivity contribution in [2.75, 3.05) is 26.2 Å². The molecule has 0 heterocycles. The molecule has 0 fully saturated rings. The number of rotatable bonds is 9. The summed E-state index contributed by atoms with van der Waals surface area (Å²) in [5.74, 6) is 0.954. The Morgan fingerprint density at radius 3 is 2.25 bits per heavy atom. The van der Waals surface area contributed by atoms with E-state index >= 15 is 0 Å². The number of benzene rings is 2. The van der Waals surface area contributed by atoms with Gasteiger partial charge < -0.3 is 9.64 Å². The lowest BCUT2D eigenvalue weighted by molar-refractivity contribution is 0.223. The van der Waals surface area contributed by atoms with Gasteiger partial charge in [-0.3, -0.25) is 0 Å². The molecule has 24 heavy (non-hydrogen) atoms. The van der Waals surface area contributed by atoms with Crippen LogP contribution >= 0.6 is 0 Å². The molecule has 0 saturated heterocycles. The predicted molar refractivity (Wildman–Crippen MR) is 104 cm³/mol. The summed E-state index contributed by atoms with van der Waals surface area (Å²) in [5.41, 5.74) is 3.93. The summed E-state index contributed by atoms with van der Waals surface area (Å²) < 4.78 is 5.84. The van der Waals surface area contributed by atoms with Crippen molar-refractivity contribution >= 4 is 6.08 Å². The number of allylic oxidation sites excluding steroid dienone is 1. The molecule has 2 rings (SSSR count). The van der Waals surface area contributed by atoms with Gasteiger partial charge in [0.25, 0.3) is 0 Å². The van der Waals surface area contributed by atoms with Crippen LogP contribution in [0.25, 0.3) is 6.08 Å². The van der Waals surface area contributed by atoms with Crippen LogP contribution in [-0.4, -0.2) is 31.1 Å². The molecule has 0 aliphatic heterocycles. The second kappa shape index (κ2) is 9.94. The first-order valence-electron chi connectivity index (χ1n) is 8.87. The second-order valence-corrected chi connectivity index (χ2v) is 6.10. The Hall–Kier alpha value is -2.06. The Balaban J connectivity index is 1.84. The Morgan fingerprint density at radius 2 is 1.62 bits per heavy atom. The highest BCUT2D eigenvalue weighted by molar-refractivity contribution is 5.53. The minimum Gasteiger partial charge on any atom is -0.492 e. The van der Waals surface area contributed by atoms with Crippen LogP contribution in [0.15, 0.2) is 60.2 Å². The van der Waals surface area contributed by atoms with Gasteiger partial charge in [-0.2, -0.15) is 0 Å². The number of ether oxygens (including phenoxy) is 1. The van der Waals surface area contributed by atoms with Gasteiger partial charge in [0, 0.05) is 6.54 Å². The third-order valence-corrected chi connectivity index (χ3v) is 4.19. The highest BCUT2D eigenvalue weighted by Gasteiger charge is 2.01. The largest absolute Gasteiger partial charge is 0.492 e. The zero-order valence-corrected chi connectivity index (χ0v) is 15.2. The molecule has 2 aromatic rings. The van der Waals surface area contributed by atoms with Crippen molar-refractivity contribution in [1.29, 1.82) is 0 Å². The third kappa shape index (κ3) is 6.21. The van der Waals surface area contributed by atoms with Gasteiger partial charge in [0.2, 0.25) is 0 Å². The van der Waals surface area contributed by atoms with E-state index in [1.165, 1.54) is 16.7 Å². The maximum Gasteiger partial charge on any atom is 0.119 e. The normalized spacial score (nSPS) is 11.8. The molecule has 0 unspecified atom stereocenters. The molecule has 0 aliphatic carbocycles. The van der Waals surface area contributed by atoms with E-state index in [9.17, 15) is 0 Å². The maximum absolute atomic E-state index is 5.84. The van der Waals surface area contributed by atoms with Gasteiger partial charge in [0.1, 0.15) is 12.4 Å². The molecule has 2 nitrogen and oxygen atoms in total. The minimum absolute atomic E-state index is 0.744. The molecule has 0 amide bonds. The fourth-order valence-electron chi connectivity index (χ4n) is 2.74. The molecule has 0 radical (unpaired) electrons. The lowest BCUT2D eigenvalue weighted by atomic mass is 10.0. The third-order valence-electron chi connectivity index (χ3n) is 4.19.